The average molecular weight is 202 g/mol. The van der Waals surface area contributed by atoms with Crippen molar-refractivity contribution in [1.29, 1.82) is 0 Å². The van der Waals surface area contributed by atoms with E-state index in [1.165, 1.54) is 0 Å². The molecule has 0 radical (unpaired) electrons. The van der Waals surface area contributed by atoms with Crippen LogP contribution in [0, 0.1) is 5.92 Å². The number of esters is 1. The van der Waals surface area contributed by atoms with E-state index in [1.807, 2.05) is 13.8 Å². The van der Waals surface area contributed by atoms with Gasteiger partial charge in [0.15, 0.2) is 6.29 Å². The fourth-order valence-electron chi connectivity index (χ4n) is 1.14. The van der Waals surface area contributed by atoms with Crippen LogP contribution in [-0.2, 0) is 19.0 Å². The molecule has 1 heterocycles. The second-order valence-corrected chi connectivity index (χ2v) is 3.44. The Morgan fingerprint density at radius 2 is 2.14 bits per heavy atom. The minimum Gasteiger partial charge on any atom is -0.465 e. The first-order valence-corrected chi connectivity index (χ1v) is 5.14. The van der Waals surface area contributed by atoms with E-state index < -0.39 is 0 Å². The van der Waals surface area contributed by atoms with E-state index in [4.69, 9.17) is 14.2 Å². The van der Waals surface area contributed by atoms with Crippen molar-refractivity contribution in [2.75, 3.05) is 19.8 Å². The van der Waals surface area contributed by atoms with Gasteiger partial charge in [0, 0.05) is 6.42 Å². The number of ether oxygens (including phenoxy) is 3. The van der Waals surface area contributed by atoms with Crippen molar-refractivity contribution < 1.29 is 19.0 Å². The molecular weight excluding hydrogens is 184 g/mol. The molecule has 1 aliphatic heterocycles. The lowest BCUT2D eigenvalue weighted by Crippen LogP contribution is -2.18. The summed E-state index contributed by atoms with van der Waals surface area (Å²) < 4.78 is 15.5. The molecule has 1 saturated heterocycles. The highest BCUT2D eigenvalue weighted by atomic mass is 16.7. The lowest BCUT2D eigenvalue weighted by molar-refractivity contribution is -0.150. The zero-order chi connectivity index (χ0) is 10.4. The summed E-state index contributed by atoms with van der Waals surface area (Å²) in [7, 11) is 0. The van der Waals surface area contributed by atoms with Crippen LogP contribution in [0.3, 0.4) is 0 Å². The maximum Gasteiger partial charge on any atom is 0.308 e. The normalized spacial score (nSPS) is 19.6. The largest absolute Gasteiger partial charge is 0.465 e. The molecule has 0 N–H and O–H groups in total. The van der Waals surface area contributed by atoms with E-state index >= 15 is 0 Å². The number of hydrogen-bond acceptors (Lipinski definition) is 4. The van der Waals surface area contributed by atoms with E-state index in [-0.39, 0.29) is 18.2 Å². The van der Waals surface area contributed by atoms with Crippen LogP contribution in [0.1, 0.15) is 26.7 Å². The first kappa shape index (κ1) is 11.5. The van der Waals surface area contributed by atoms with Crippen LogP contribution >= 0.6 is 0 Å². The van der Waals surface area contributed by atoms with Crippen LogP contribution in [0.25, 0.3) is 0 Å². The second-order valence-electron chi connectivity index (χ2n) is 3.44. The van der Waals surface area contributed by atoms with E-state index in [2.05, 4.69) is 0 Å². The van der Waals surface area contributed by atoms with Gasteiger partial charge in [-0.3, -0.25) is 4.79 Å². The van der Waals surface area contributed by atoms with Crippen LogP contribution in [-0.4, -0.2) is 32.1 Å². The zero-order valence-corrected chi connectivity index (χ0v) is 8.82. The van der Waals surface area contributed by atoms with Crippen molar-refractivity contribution in [1.82, 2.24) is 0 Å². The molecule has 1 aliphatic rings. The van der Waals surface area contributed by atoms with Gasteiger partial charge in [0.1, 0.15) is 0 Å². The Morgan fingerprint density at radius 1 is 1.50 bits per heavy atom. The molecule has 0 spiro atoms. The smallest absolute Gasteiger partial charge is 0.308 e. The summed E-state index contributed by atoms with van der Waals surface area (Å²) in [6.45, 7) is 5.50. The summed E-state index contributed by atoms with van der Waals surface area (Å²) in [5.41, 5.74) is 0. The Kier molecular flexibility index (Phi) is 4.90. The Hall–Kier alpha value is -0.610. The standard InChI is InChI=1S/C10H18O4/c1-3-8(2)10(11)14-5-4-9-12-6-7-13-9/h8-9H,3-7H2,1-2H3. The third kappa shape index (κ3) is 3.64. The summed E-state index contributed by atoms with van der Waals surface area (Å²) in [6, 6.07) is 0. The van der Waals surface area contributed by atoms with Crippen LogP contribution < -0.4 is 0 Å². The zero-order valence-electron chi connectivity index (χ0n) is 8.82. The Labute approximate surface area is 84.5 Å². The molecule has 0 aromatic heterocycles. The van der Waals surface area contributed by atoms with Gasteiger partial charge in [0.25, 0.3) is 0 Å². The van der Waals surface area contributed by atoms with Gasteiger partial charge in [-0.05, 0) is 6.42 Å². The fourth-order valence-corrected chi connectivity index (χ4v) is 1.14. The average Bonchev–Trinajstić information content (AvgIpc) is 2.69. The number of hydrogen-bond donors (Lipinski definition) is 0. The minimum absolute atomic E-state index is 0.0135. The van der Waals surface area contributed by atoms with Crippen LogP contribution in [0.2, 0.25) is 0 Å². The quantitative estimate of drug-likeness (QED) is 0.631. The van der Waals surface area contributed by atoms with E-state index in [0.29, 0.717) is 26.2 Å². The van der Waals surface area contributed by atoms with E-state index in [9.17, 15) is 4.79 Å². The van der Waals surface area contributed by atoms with Crippen molar-refractivity contribution in [3.8, 4) is 0 Å². The second kappa shape index (κ2) is 5.98. The Morgan fingerprint density at radius 3 is 2.71 bits per heavy atom. The first-order chi connectivity index (χ1) is 6.74. The summed E-state index contributed by atoms with van der Waals surface area (Å²) in [6.07, 6.45) is 1.26. The molecule has 4 nitrogen and oxygen atoms in total. The molecule has 1 fully saturated rings. The number of carbonyl (C=O) groups is 1. The van der Waals surface area contributed by atoms with Gasteiger partial charge < -0.3 is 14.2 Å². The predicted molar refractivity (Wildman–Crippen MR) is 50.7 cm³/mol. The summed E-state index contributed by atoms with van der Waals surface area (Å²) in [5.74, 6) is -0.147. The summed E-state index contributed by atoms with van der Waals surface area (Å²) in [4.78, 5) is 11.2. The van der Waals surface area contributed by atoms with E-state index in [1.54, 1.807) is 0 Å². The van der Waals surface area contributed by atoms with Crippen LogP contribution in [0.5, 0.6) is 0 Å². The molecule has 14 heavy (non-hydrogen) atoms. The van der Waals surface area contributed by atoms with Gasteiger partial charge >= 0.3 is 5.97 Å². The van der Waals surface area contributed by atoms with Gasteiger partial charge in [0.05, 0.1) is 25.7 Å². The van der Waals surface area contributed by atoms with Gasteiger partial charge in [-0.25, -0.2) is 0 Å². The molecule has 1 unspecified atom stereocenters. The SMILES string of the molecule is CCC(C)C(=O)OCCC1OCCO1. The number of carbonyl (C=O) groups excluding carboxylic acids is 1. The van der Waals surface area contributed by atoms with Crippen molar-refractivity contribution in [2.45, 2.75) is 33.0 Å². The monoisotopic (exact) mass is 202 g/mol. The summed E-state index contributed by atoms with van der Waals surface area (Å²) >= 11 is 0. The van der Waals surface area contributed by atoms with Crippen molar-refractivity contribution in [3.05, 3.63) is 0 Å². The highest BCUT2D eigenvalue weighted by molar-refractivity contribution is 5.71. The maximum absolute atomic E-state index is 11.2. The fraction of sp³-hybridized carbons (Fsp3) is 0.900. The van der Waals surface area contributed by atoms with Gasteiger partial charge in [-0.2, -0.15) is 0 Å². The molecule has 0 aromatic carbocycles. The van der Waals surface area contributed by atoms with Crippen molar-refractivity contribution in [3.63, 3.8) is 0 Å². The predicted octanol–water partition coefficient (Wildman–Crippen LogP) is 1.34. The van der Waals surface area contributed by atoms with E-state index in [0.717, 1.165) is 6.42 Å². The molecule has 0 aromatic rings. The lowest BCUT2D eigenvalue weighted by Gasteiger charge is -2.11. The third-order valence-corrected chi connectivity index (χ3v) is 2.30. The molecule has 82 valence electrons. The Balaban J connectivity index is 2.05. The minimum atomic E-state index is -0.181. The van der Waals surface area contributed by atoms with Gasteiger partial charge in [0.2, 0.25) is 0 Å². The molecule has 4 heteroatoms. The summed E-state index contributed by atoms with van der Waals surface area (Å²) in [5, 5.41) is 0. The van der Waals surface area contributed by atoms with Crippen LogP contribution in [0.4, 0.5) is 0 Å². The third-order valence-electron chi connectivity index (χ3n) is 2.30. The molecule has 0 saturated carbocycles. The van der Waals surface area contributed by atoms with Gasteiger partial charge in [-0.1, -0.05) is 13.8 Å². The van der Waals surface area contributed by atoms with Crippen molar-refractivity contribution in [2.24, 2.45) is 5.92 Å². The highest BCUT2D eigenvalue weighted by Gasteiger charge is 2.17. The molecule has 0 amide bonds. The number of rotatable bonds is 5. The lowest BCUT2D eigenvalue weighted by atomic mass is 10.1. The maximum atomic E-state index is 11.2. The van der Waals surface area contributed by atoms with Gasteiger partial charge in [-0.15, -0.1) is 0 Å². The molecular formula is C10H18O4. The topological polar surface area (TPSA) is 44.8 Å². The Bertz CT molecular complexity index is 175. The highest BCUT2D eigenvalue weighted by Crippen LogP contribution is 2.09. The molecule has 0 aliphatic carbocycles. The van der Waals surface area contributed by atoms with Crippen molar-refractivity contribution >= 4 is 5.97 Å². The first-order valence-electron chi connectivity index (χ1n) is 5.14. The molecule has 1 rings (SSSR count). The molecule has 0 bridgehead atoms. The molecule has 1 atom stereocenters. The van der Waals surface area contributed by atoms with Crippen LogP contribution in [0.15, 0.2) is 0 Å².